The highest BCUT2D eigenvalue weighted by atomic mass is 16.6. The van der Waals surface area contributed by atoms with Crippen LogP contribution in [0, 0.1) is 17.0 Å². The van der Waals surface area contributed by atoms with Crippen LogP contribution < -0.4 is 0 Å². The van der Waals surface area contributed by atoms with E-state index in [1.54, 1.807) is 6.07 Å². The van der Waals surface area contributed by atoms with Crippen molar-refractivity contribution in [1.82, 2.24) is 0 Å². The molecule has 16 heavy (non-hydrogen) atoms. The van der Waals surface area contributed by atoms with Crippen molar-refractivity contribution >= 4 is 11.7 Å². The Morgan fingerprint density at radius 2 is 2.19 bits per heavy atom. The zero-order chi connectivity index (χ0) is 12.3. The van der Waals surface area contributed by atoms with Crippen LogP contribution in [0.25, 0.3) is 0 Å². The predicted molar refractivity (Wildman–Crippen MR) is 58.2 cm³/mol. The van der Waals surface area contributed by atoms with Crippen molar-refractivity contribution in [3.8, 4) is 0 Å². The van der Waals surface area contributed by atoms with E-state index in [2.05, 4.69) is 11.7 Å². The van der Waals surface area contributed by atoms with E-state index >= 15 is 0 Å². The lowest BCUT2D eigenvalue weighted by molar-refractivity contribution is -0.385. The van der Waals surface area contributed by atoms with Gasteiger partial charge in [-0.2, -0.15) is 0 Å². The molecule has 0 heterocycles. The number of carbonyl (C=O) groups is 1. The van der Waals surface area contributed by atoms with E-state index in [1.807, 2.05) is 6.92 Å². The van der Waals surface area contributed by atoms with Crippen molar-refractivity contribution in [2.24, 2.45) is 0 Å². The Kier molecular flexibility index (Phi) is 3.60. The molecule has 0 amide bonds. The Morgan fingerprint density at radius 3 is 2.62 bits per heavy atom. The minimum atomic E-state index is -0.713. The van der Waals surface area contributed by atoms with Gasteiger partial charge in [-0.1, -0.05) is 13.0 Å². The van der Waals surface area contributed by atoms with E-state index in [9.17, 15) is 14.9 Å². The Balaban J connectivity index is 3.30. The third-order valence-corrected chi connectivity index (χ3v) is 2.19. The Hall–Kier alpha value is -1.91. The van der Waals surface area contributed by atoms with Gasteiger partial charge in [0.25, 0.3) is 5.69 Å². The van der Waals surface area contributed by atoms with Crippen molar-refractivity contribution in [1.29, 1.82) is 0 Å². The number of benzene rings is 1. The Labute approximate surface area is 93.2 Å². The largest absolute Gasteiger partial charge is 0.465 e. The highest BCUT2D eigenvalue weighted by molar-refractivity contribution is 5.93. The van der Waals surface area contributed by atoms with Gasteiger partial charge in [-0.3, -0.25) is 10.1 Å². The highest BCUT2D eigenvalue weighted by Gasteiger charge is 2.21. The van der Waals surface area contributed by atoms with Crippen LogP contribution in [-0.4, -0.2) is 18.0 Å². The summed E-state index contributed by atoms with van der Waals surface area (Å²) in [6, 6.07) is 4.38. The Morgan fingerprint density at radius 1 is 1.56 bits per heavy atom. The number of carbonyl (C=O) groups excluding carboxylic acids is 1. The number of methoxy groups -OCH3 is 1. The van der Waals surface area contributed by atoms with E-state index in [0.717, 1.165) is 0 Å². The molecule has 0 bridgehead atoms. The number of ether oxygens (including phenoxy) is 1. The maximum absolute atomic E-state index is 11.3. The van der Waals surface area contributed by atoms with Crippen LogP contribution in [0.15, 0.2) is 18.2 Å². The number of nitro groups is 1. The topological polar surface area (TPSA) is 69.4 Å². The first-order valence-electron chi connectivity index (χ1n) is 4.67. The number of hydrogen-bond acceptors (Lipinski definition) is 4. The van der Waals surface area contributed by atoms with Crippen molar-refractivity contribution in [3.05, 3.63) is 46.4 Å². The second kappa shape index (κ2) is 4.74. The molecular formula is C11H12NO4. The van der Waals surface area contributed by atoms with Crippen LogP contribution in [0.4, 0.5) is 5.69 Å². The lowest BCUT2D eigenvalue weighted by Crippen LogP contribution is -2.06. The quantitative estimate of drug-likeness (QED) is 0.447. The van der Waals surface area contributed by atoms with E-state index < -0.39 is 10.9 Å². The van der Waals surface area contributed by atoms with E-state index in [1.165, 1.54) is 19.2 Å². The van der Waals surface area contributed by atoms with Gasteiger partial charge in [0.15, 0.2) is 0 Å². The lowest BCUT2D eigenvalue weighted by Gasteiger charge is -2.06. The van der Waals surface area contributed by atoms with Crippen LogP contribution >= 0.6 is 0 Å². The van der Waals surface area contributed by atoms with Gasteiger partial charge in [0.2, 0.25) is 0 Å². The molecule has 0 aliphatic heterocycles. The van der Waals surface area contributed by atoms with Crippen LogP contribution in [-0.2, 0) is 4.74 Å². The van der Waals surface area contributed by atoms with Gasteiger partial charge in [0, 0.05) is 6.07 Å². The maximum Gasteiger partial charge on any atom is 0.344 e. The van der Waals surface area contributed by atoms with Crippen LogP contribution in [0.3, 0.4) is 0 Å². The minimum Gasteiger partial charge on any atom is -0.465 e. The summed E-state index contributed by atoms with van der Waals surface area (Å²) in [6.07, 6.45) is 0. The van der Waals surface area contributed by atoms with Crippen LogP contribution in [0.5, 0.6) is 0 Å². The number of hydrogen-bond donors (Lipinski definition) is 0. The van der Waals surface area contributed by atoms with Crippen molar-refractivity contribution in [3.63, 3.8) is 0 Å². The molecule has 0 N–H and O–H groups in total. The molecule has 1 atom stereocenters. The summed E-state index contributed by atoms with van der Waals surface area (Å²) >= 11 is 0. The average Bonchev–Trinajstić information content (AvgIpc) is 2.26. The first kappa shape index (κ1) is 12.2. The molecule has 1 aromatic carbocycles. The Bertz CT molecular complexity index is 426. The normalized spacial score (nSPS) is 10.2. The fraction of sp³-hybridized carbons (Fsp3) is 0.273. The number of nitro benzene ring substituents is 1. The minimum absolute atomic E-state index is 0.0445. The summed E-state index contributed by atoms with van der Waals surface area (Å²) in [5.41, 5.74) is 0.413. The van der Waals surface area contributed by atoms with Gasteiger partial charge >= 0.3 is 5.97 Å². The van der Waals surface area contributed by atoms with Gasteiger partial charge in [0.05, 0.1) is 12.0 Å². The van der Waals surface area contributed by atoms with E-state index in [0.29, 0.717) is 5.56 Å². The van der Waals surface area contributed by atoms with Gasteiger partial charge in [0.1, 0.15) is 5.56 Å². The summed E-state index contributed by atoms with van der Waals surface area (Å²) in [4.78, 5) is 21.5. The smallest absolute Gasteiger partial charge is 0.344 e. The van der Waals surface area contributed by atoms with Gasteiger partial charge in [-0.15, -0.1) is 0 Å². The molecule has 0 spiro atoms. The summed E-state index contributed by atoms with van der Waals surface area (Å²) in [6.45, 7) is 5.58. The third kappa shape index (κ3) is 2.36. The third-order valence-electron chi connectivity index (χ3n) is 2.19. The zero-order valence-electron chi connectivity index (χ0n) is 9.10. The number of esters is 1. The second-order valence-electron chi connectivity index (χ2n) is 3.43. The lowest BCUT2D eigenvalue weighted by atomic mass is 10.0. The SMILES string of the molecule is [CH2]C(C)c1ccc(C(=O)OC)c([N+](=O)[O-])c1. The van der Waals surface area contributed by atoms with Crippen molar-refractivity contribution in [2.45, 2.75) is 12.8 Å². The van der Waals surface area contributed by atoms with Crippen molar-refractivity contribution in [2.75, 3.05) is 7.11 Å². The first-order valence-corrected chi connectivity index (χ1v) is 4.67. The molecule has 0 saturated heterocycles. The van der Waals surface area contributed by atoms with Crippen LogP contribution in [0.2, 0.25) is 0 Å². The number of nitrogens with zero attached hydrogens (tertiary/aromatic N) is 1. The molecule has 85 valence electrons. The predicted octanol–water partition coefficient (Wildman–Crippen LogP) is 2.32. The molecule has 1 radical (unpaired) electrons. The number of rotatable bonds is 3. The molecule has 0 fully saturated rings. The molecule has 0 aliphatic carbocycles. The molecule has 0 aromatic heterocycles. The van der Waals surface area contributed by atoms with Gasteiger partial charge < -0.3 is 4.74 Å². The van der Waals surface area contributed by atoms with Gasteiger partial charge in [-0.05, 0) is 24.5 Å². The fourth-order valence-corrected chi connectivity index (χ4v) is 1.29. The monoisotopic (exact) mass is 222 g/mol. The molecule has 1 aromatic rings. The molecule has 5 nitrogen and oxygen atoms in total. The summed E-state index contributed by atoms with van der Waals surface area (Å²) < 4.78 is 4.47. The van der Waals surface area contributed by atoms with E-state index in [4.69, 9.17) is 0 Å². The summed E-state index contributed by atoms with van der Waals surface area (Å²) in [5, 5.41) is 10.8. The van der Waals surface area contributed by atoms with Crippen LogP contribution in [0.1, 0.15) is 28.8 Å². The summed E-state index contributed by atoms with van der Waals surface area (Å²) in [5.74, 6) is -0.791. The molecular weight excluding hydrogens is 210 g/mol. The second-order valence-corrected chi connectivity index (χ2v) is 3.43. The van der Waals surface area contributed by atoms with Crippen molar-refractivity contribution < 1.29 is 14.5 Å². The molecule has 0 saturated carbocycles. The average molecular weight is 222 g/mol. The fourth-order valence-electron chi connectivity index (χ4n) is 1.29. The standard InChI is InChI=1S/C11H12NO4/c1-7(2)8-4-5-9(11(13)16-3)10(6-8)12(14)15/h4-7H,1H2,2-3H3. The molecule has 5 heteroatoms. The highest BCUT2D eigenvalue weighted by Crippen LogP contribution is 2.24. The summed E-state index contributed by atoms with van der Waals surface area (Å²) in [7, 11) is 1.18. The van der Waals surface area contributed by atoms with E-state index in [-0.39, 0.29) is 17.2 Å². The van der Waals surface area contributed by atoms with Gasteiger partial charge in [-0.25, -0.2) is 4.79 Å². The molecule has 0 aliphatic rings. The molecule has 1 rings (SSSR count). The molecule has 1 unspecified atom stereocenters. The first-order chi connectivity index (χ1) is 7.47. The maximum atomic E-state index is 11.3. The zero-order valence-corrected chi connectivity index (χ0v) is 9.10.